The number of benzene rings is 1. The fraction of sp³-hybridized carbons (Fsp3) is 0.235. The third-order valence-electron chi connectivity index (χ3n) is 3.94. The first-order valence-electron chi connectivity index (χ1n) is 7.49. The zero-order valence-corrected chi connectivity index (χ0v) is 14.6. The second-order valence-electron chi connectivity index (χ2n) is 5.56. The van der Waals surface area contributed by atoms with Crippen molar-refractivity contribution in [2.24, 2.45) is 12.0 Å². The number of imidazole rings is 1. The number of allylic oxidation sites excluding steroid dienone is 1. The van der Waals surface area contributed by atoms with Crippen molar-refractivity contribution >= 4 is 23.4 Å². The van der Waals surface area contributed by atoms with Gasteiger partial charge in [-0.05, 0) is 19.1 Å². The quantitative estimate of drug-likeness (QED) is 0.852. The largest absolute Gasteiger partial charge is 0.466 e. The number of carbonyl (C=O) groups excluding carboxylic acids is 1. The number of hydrogen-bond donors (Lipinski definition) is 1. The normalized spacial score (nSPS) is 17.2. The lowest BCUT2D eigenvalue weighted by atomic mass is 9.96. The van der Waals surface area contributed by atoms with Gasteiger partial charge in [-0.2, -0.15) is 0 Å². The number of nitrogens with zero attached hydrogens (tertiary/aromatic N) is 3. The van der Waals surface area contributed by atoms with Crippen LogP contribution in [0.3, 0.4) is 0 Å². The van der Waals surface area contributed by atoms with Gasteiger partial charge in [-0.1, -0.05) is 17.7 Å². The van der Waals surface area contributed by atoms with Crippen LogP contribution in [-0.2, 0) is 16.6 Å². The van der Waals surface area contributed by atoms with Crippen molar-refractivity contribution < 1.29 is 13.9 Å². The highest BCUT2D eigenvalue weighted by Crippen LogP contribution is 2.36. The predicted molar refractivity (Wildman–Crippen MR) is 91.7 cm³/mol. The van der Waals surface area contributed by atoms with Crippen LogP contribution in [0.15, 0.2) is 46.9 Å². The lowest BCUT2D eigenvalue weighted by Crippen LogP contribution is -2.34. The Balaban J connectivity index is 2.16. The zero-order chi connectivity index (χ0) is 18.1. The maximum atomic E-state index is 13.4. The number of ether oxygens (including phenoxy) is 1. The summed E-state index contributed by atoms with van der Waals surface area (Å²) in [6, 6.07) is 3.26. The van der Waals surface area contributed by atoms with Crippen molar-refractivity contribution in [3.05, 3.63) is 64.1 Å². The van der Waals surface area contributed by atoms with Crippen LogP contribution in [0.4, 0.5) is 4.39 Å². The molecular formula is C17H16ClFN4O2. The molecule has 1 atom stereocenters. The van der Waals surface area contributed by atoms with Crippen molar-refractivity contribution in [1.82, 2.24) is 14.9 Å². The zero-order valence-electron chi connectivity index (χ0n) is 13.9. The number of methoxy groups -OCH3 is 1. The van der Waals surface area contributed by atoms with Crippen LogP contribution in [-0.4, -0.2) is 28.5 Å². The van der Waals surface area contributed by atoms with Crippen LogP contribution < -0.4 is 5.32 Å². The summed E-state index contributed by atoms with van der Waals surface area (Å²) in [7, 11) is 3.13. The van der Waals surface area contributed by atoms with E-state index in [-0.39, 0.29) is 5.02 Å². The summed E-state index contributed by atoms with van der Waals surface area (Å²) in [5.41, 5.74) is 1.40. The average Bonchev–Trinajstić information content (AvgIpc) is 2.99. The summed E-state index contributed by atoms with van der Waals surface area (Å²) in [6.07, 6.45) is 3.43. The second kappa shape index (κ2) is 6.68. The molecule has 0 spiro atoms. The van der Waals surface area contributed by atoms with Gasteiger partial charge in [-0.15, -0.1) is 0 Å². The maximum absolute atomic E-state index is 13.4. The third-order valence-corrected chi connectivity index (χ3v) is 4.26. The number of aliphatic imine (C=N–C) groups is 1. The molecule has 0 saturated heterocycles. The third kappa shape index (κ3) is 3.15. The minimum atomic E-state index is -0.728. The Morgan fingerprint density at radius 2 is 2.20 bits per heavy atom. The van der Waals surface area contributed by atoms with Crippen LogP contribution in [0.5, 0.6) is 0 Å². The van der Waals surface area contributed by atoms with Gasteiger partial charge in [0, 0.05) is 35.7 Å². The Morgan fingerprint density at radius 3 is 2.80 bits per heavy atom. The number of halogens is 2. The van der Waals surface area contributed by atoms with E-state index in [1.54, 1.807) is 23.9 Å². The van der Waals surface area contributed by atoms with E-state index >= 15 is 0 Å². The van der Waals surface area contributed by atoms with Gasteiger partial charge in [0.2, 0.25) is 0 Å². The van der Waals surface area contributed by atoms with Crippen molar-refractivity contribution in [3.8, 4) is 0 Å². The van der Waals surface area contributed by atoms with Crippen molar-refractivity contribution in [2.45, 2.75) is 13.0 Å². The van der Waals surface area contributed by atoms with Crippen LogP contribution >= 0.6 is 11.6 Å². The molecule has 0 aliphatic carbocycles. The van der Waals surface area contributed by atoms with E-state index < -0.39 is 17.8 Å². The standard InChI is InChI=1S/C17H16ClFN4O2/c1-9-13(17(24)25-3)14(11-5-4-10(19)8-12(11)18)22-15(21-9)16-20-6-7-23(16)2/h4-8,14H,1-3H3,(H,21,22). The first kappa shape index (κ1) is 17.2. The highest BCUT2D eigenvalue weighted by molar-refractivity contribution is 6.31. The molecule has 1 aliphatic rings. The molecule has 8 heteroatoms. The van der Waals surface area contributed by atoms with Gasteiger partial charge in [0.1, 0.15) is 11.9 Å². The molecule has 0 saturated carbocycles. The van der Waals surface area contributed by atoms with Gasteiger partial charge in [-0.25, -0.2) is 14.2 Å². The smallest absolute Gasteiger partial charge is 0.338 e. The average molecular weight is 363 g/mol. The number of aryl methyl sites for hydroxylation is 1. The Labute approximate surface area is 149 Å². The lowest BCUT2D eigenvalue weighted by Gasteiger charge is -2.26. The van der Waals surface area contributed by atoms with Crippen LogP contribution in [0.2, 0.25) is 5.02 Å². The molecule has 1 N–H and O–H groups in total. The van der Waals surface area contributed by atoms with Gasteiger partial charge < -0.3 is 14.6 Å². The molecule has 0 amide bonds. The van der Waals surface area contributed by atoms with Crippen LogP contribution in [0.1, 0.15) is 24.4 Å². The Kier molecular flexibility index (Phi) is 4.59. The topological polar surface area (TPSA) is 68.5 Å². The molecule has 1 aliphatic heterocycles. The summed E-state index contributed by atoms with van der Waals surface area (Å²) in [4.78, 5) is 21.1. The lowest BCUT2D eigenvalue weighted by molar-refractivity contribution is -0.136. The van der Waals surface area contributed by atoms with Crippen LogP contribution in [0.25, 0.3) is 0 Å². The summed E-state index contributed by atoms with van der Waals surface area (Å²) >= 11 is 6.20. The predicted octanol–water partition coefficient (Wildman–Crippen LogP) is 2.75. The molecule has 2 aromatic rings. The molecule has 130 valence electrons. The molecule has 6 nitrogen and oxygen atoms in total. The number of esters is 1. The number of nitrogens with one attached hydrogen (secondary N) is 1. The van der Waals surface area contributed by atoms with E-state index in [4.69, 9.17) is 16.3 Å². The van der Waals surface area contributed by atoms with E-state index in [1.807, 2.05) is 7.05 Å². The monoisotopic (exact) mass is 362 g/mol. The summed E-state index contributed by atoms with van der Waals surface area (Å²) < 4.78 is 20.1. The molecule has 0 fully saturated rings. The molecule has 25 heavy (non-hydrogen) atoms. The van der Waals surface area contributed by atoms with Crippen LogP contribution in [0, 0.1) is 5.82 Å². The molecule has 1 unspecified atom stereocenters. The van der Waals surface area contributed by atoms with Gasteiger partial charge >= 0.3 is 5.97 Å². The summed E-state index contributed by atoms with van der Waals surface area (Å²) in [6.45, 7) is 1.74. The van der Waals surface area contributed by atoms with Crippen molar-refractivity contribution in [3.63, 3.8) is 0 Å². The van der Waals surface area contributed by atoms with E-state index in [1.165, 1.54) is 25.3 Å². The van der Waals surface area contributed by atoms with Crippen molar-refractivity contribution in [1.29, 1.82) is 0 Å². The highest BCUT2D eigenvalue weighted by atomic mass is 35.5. The van der Waals surface area contributed by atoms with Crippen molar-refractivity contribution in [2.75, 3.05) is 7.11 Å². The molecular weight excluding hydrogens is 347 g/mol. The maximum Gasteiger partial charge on any atom is 0.338 e. The molecule has 0 radical (unpaired) electrons. The van der Waals surface area contributed by atoms with E-state index in [2.05, 4.69) is 15.3 Å². The first-order valence-corrected chi connectivity index (χ1v) is 7.86. The number of aromatic nitrogens is 2. The molecule has 3 rings (SSSR count). The molecule has 1 aromatic heterocycles. The van der Waals surface area contributed by atoms with E-state index in [9.17, 15) is 9.18 Å². The number of carbonyl (C=O) groups is 1. The van der Waals surface area contributed by atoms with Gasteiger partial charge in [0.05, 0.1) is 12.7 Å². The SMILES string of the molecule is COC(=O)C1=C(C)NC(c2nccn2C)=NC1c1ccc(F)cc1Cl. The molecule has 2 heterocycles. The first-order chi connectivity index (χ1) is 11.9. The Morgan fingerprint density at radius 1 is 1.44 bits per heavy atom. The van der Waals surface area contributed by atoms with E-state index in [0.29, 0.717) is 28.5 Å². The summed E-state index contributed by atoms with van der Waals surface area (Å²) in [5.74, 6) is 0.101. The Hall–Kier alpha value is -2.67. The number of rotatable bonds is 3. The summed E-state index contributed by atoms with van der Waals surface area (Å²) in [5, 5.41) is 3.27. The van der Waals surface area contributed by atoms with Gasteiger partial charge in [0.15, 0.2) is 11.7 Å². The number of amidine groups is 1. The minimum absolute atomic E-state index is 0.184. The highest BCUT2D eigenvalue weighted by Gasteiger charge is 2.32. The van der Waals surface area contributed by atoms with Gasteiger partial charge in [-0.3, -0.25) is 4.99 Å². The second-order valence-corrected chi connectivity index (χ2v) is 5.97. The van der Waals surface area contributed by atoms with Gasteiger partial charge in [0.25, 0.3) is 0 Å². The molecule has 0 bridgehead atoms. The molecule has 1 aromatic carbocycles. The van der Waals surface area contributed by atoms with E-state index in [0.717, 1.165) is 0 Å². The number of hydrogen-bond acceptors (Lipinski definition) is 5. The minimum Gasteiger partial charge on any atom is -0.466 e. The fourth-order valence-corrected chi connectivity index (χ4v) is 2.98. The fourth-order valence-electron chi connectivity index (χ4n) is 2.71. The Bertz CT molecular complexity index is 904.